The lowest BCUT2D eigenvalue weighted by Gasteiger charge is -2.25. The molecule has 8 nitrogen and oxygen atoms in total. The molecule has 0 fully saturated rings. The van der Waals surface area contributed by atoms with Gasteiger partial charge >= 0.3 is 0 Å². The van der Waals surface area contributed by atoms with Crippen LogP contribution in [-0.2, 0) is 21.4 Å². The molecule has 0 atom stereocenters. The van der Waals surface area contributed by atoms with Crippen molar-refractivity contribution >= 4 is 55.4 Å². The SMILES string of the molecule is COc1cc(/C=N\NC(=O)CN(c2ccc(C)cc2C)S(=O)(=O)c2ccc(C)cc2)cc(Br)c1OCc1ccc(Cl)cc1. The number of carbonyl (C=O) groups is 1. The van der Waals surface area contributed by atoms with Crippen molar-refractivity contribution in [3.8, 4) is 11.5 Å². The van der Waals surface area contributed by atoms with E-state index in [4.69, 9.17) is 21.1 Å². The Hall–Kier alpha value is -3.86. The lowest BCUT2D eigenvalue weighted by atomic mass is 10.1. The van der Waals surface area contributed by atoms with E-state index in [1.165, 1.54) is 25.5 Å². The van der Waals surface area contributed by atoms with Crippen molar-refractivity contribution in [1.29, 1.82) is 0 Å². The molecule has 0 aliphatic heterocycles. The molecule has 4 aromatic rings. The number of ether oxygens (including phenoxy) is 2. The number of sulfonamides is 1. The zero-order valence-electron chi connectivity index (χ0n) is 24.1. The Kier molecular flexibility index (Phi) is 10.5. The molecule has 4 aromatic carbocycles. The number of benzene rings is 4. The highest BCUT2D eigenvalue weighted by atomic mass is 79.9. The van der Waals surface area contributed by atoms with Crippen LogP contribution in [0.3, 0.4) is 0 Å². The number of halogens is 2. The van der Waals surface area contributed by atoms with Crippen LogP contribution in [-0.4, -0.2) is 34.2 Å². The van der Waals surface area contributed by atoms with Crippen LogP contribution >= 0.6 is 27.5 Å². The molecule has 0 aliphatic carbocycles. The summed E-state index contributed by atoms with van der Waals surface area (Å²) in [4.78, 5) is 13.1. The van der Waals surface area contributed by atoms with Crippen LogP contribution in [0.4, 0.5) is 5.69 Å². The second-order valence-electron chi connectivity index (χ2n) is 9.86. The summed E-state index contributed by atoms with van der Waals surface area (Å²) >= 11 is 9.47. The number of aryl methyl sites for hydroxylation is 3. The van der Waals surface area contributed by atoms with Crippen LogP contribution in [0, 0.1) is 20.8 Å². The number of hydrogen-bond acceptors (Lipinski definition) is 6. The van der Waals surface area contributed by atoms with Crippen molar-refractivity contribution in [3.05, 3.63) is 116 Å². The zero-order chi connectivity index (χ0) is 31.1. The van der Waals surface area contributed by atoms with Crippen LogP contribution in [0.2, 0.25) is 5.02 Å². The number of carbonyl (C=O) groups excluding carboxylic acids is 1. The molecule has 1 N–H and O–H groups in total. The first-order valence-electron chi connectivity index (χ1n) is 13.2. The summed E-state index contributed by atoms with van der Waals surface area (Å²) in [5, 5.41) is 4.71. The molecular formula is C32H31BrClN3O5S. The fourth-order valence-corrected chi connectivity index (χ4v) is 6.44. The van der Waals surface area contributed by atoms with Gasteiger partial charge in [0.2, 0.25) is 0 Å². The second-order valence-corrected chi connectivity index (χ2v) is 13.0. The van der Waals surface area contributed by atoms with Crippen molar-refractivity contribution in [2.75, 3.05) is 18.0 Å². The molecule has 0 unspecified atom stereocenters. The van der Waals surface area contributed by atoms with E-state index in [1.807, 2.05) is 45.0 Å². The average molecular weight is 685 g/mol. The minimum Gasteiger partial charge on any atom is -0.493 e. The first-order valence-corrected chi connectivity index (χ1v) is 15.8. The van der Waals surface area contributed by atoms with Crippen molar-refractivity contribution < 1.29 is 22.7 Å². The third-order valence-electron chi connectivity index (χ3n) is 6.47. The molecule has 0 saturated carbocycles. The molecular weight excluding hydrogens is 654 g/mol. The third-order valence-corrected chi connectivity index (χ3v) is 9.08. The van der Waals surface area contributed by atoms with Gasteiger partial charge in [-0.25, -0.2) is 13.8 Å². The van der Waals surface area contributed by atoms with Gasteiger partial charge in [-0.3, -0.25) is 9.10 Å². The first-order chi connectivity index (χ1) is 20.5. The molecule has 0 radical (unpaired) electrons. The highest BCUT2D eigenvalue weighted by molar-refractivity contribution is 9.10. The number of hydrogen-bond donors (Lipinski definition) is 1. The largest absolute Gasteiger partial charge is 0.493 e. The number of anilines is 1. The number of amides is 1. The molecule has 1 amide bonds. The fourth-order valence-electron chi connectivity index (χ4n) is 4.26. The molecule has 0 spiro atoms. The topological polar surface area (TPSA) is 97.3 Å². The highest BCUT2D eigenvalue weighted by Gasteiger charge is 2.28. The molecule has 0 aliphatic rings. The predicted molar refractivity (Wildman–Crippen MR) is 174 cm³/mol. The van der Waals surface area contributed by atoms with E-state index < -0.39 is 22.5 Å². The van der Waals surface area contributed by atoms with Gasteiger partial charge in [-0.2, -0.15) is 5.10 Å². The number of hydrazone groups is 1. The summed E-state index contributed by atoms with van der Waals surface area (Å²) < 4.78 is 40.6. The van der Waals surface area contributed by atoms with Gasteiger partial charge in [-0.05, 0) is 95.9 Å². The lowest BCUT2D eigenvalue weighted by molar-refractivity contribution is -0.119. The van der Waals surface area contributed by atoms with Crippen molar-refractivity contribution in [3.63, 3.8) is 0 Å². The Morgan fingerprint density at radius 3 is 2.30 bits per heavy atom. The molecule has 0 aromatic heterocycles. The number of methoxy groups -OCH3 is 1. The molecule has 0 saturated heterocycles. The van der Waals surface area contributed by atoms with Crippen LogP contribution in [0.1, 0.15) is 27.8 Å². The van der Waals surface area contributed by atoms with E-state index in [-0.39, 0.29) is 4.90 Å². The summed E-state index contributed by atoms with van der Waals surface area (Å²) in [7, 11) is -2.52. The van der Waals surface area contributed by atoms with Crippen molar-refractivity contribution in [2.24, 2.45) is 5.10 Å². The maximum absolute atomic E-state index is 13.7. The van der Waals surface area contributed by atoms with E-state index in [2.05, 4.69) is 26.5 Å². The smallest absolute Gasteiger partial charge is 0.264 e. The van der Waals surface area contributed by atoms with E-state index in [9.17, 15) is 13.2 Å². The van der Waals surface area contributed by atoms with E-state index >= 15 is 0 Å². The minimum atomic E-state index is -4.05. The summed E-state index contributed by atoms with van der Waals surface area (Å²) in [6, 6.07) is 22.7. The summed E-state index contributed by atoms with van der Waals surface area (Å²) in [5.74, 6) is 0.353. The van der Waals surface area contributed by atoms with E-state index in [1.54, 1.807) is 42.5 Å². The normalized spacial score (nSPS) is 11.4. The summed E-state index contributed by atoms with van der Waals surface area (Å²) in [5.41, 5.74) is 7.03. The maximum Gasteiger partial charge on any atom is 0.264 e. The monoisotopic (exact) mass is 683 g/mol. The van der Waals surface area contributed by atoms with Gasteiger partial charge < -0.3 is 9.47 Å². The summed E-state index contributed by atoms with van der Waals surface area (Å²) in [6.45, 7) is 5.44. The Morgan fingerprint density at radius 1 is 0.977 bits per heavy atom. The van der Waals surface area contributed by atoms with Gasteiger partial charge in [-0.15, -0.1) is 0 Å². The molecule has 0 bridgehead atoms. The standard InChI is InChI=1S/C32H31BrClN3O5S/c1-21-5-12-27(13-6-21)43(39,40)37(29-14-7-22(2)15-23(29)3)19-31(38)36-35-18-25-16-28(33)32(30(17-25)41-4)42-20-24-8-10-26(34)11-9-24/h5-18H,19-20H2,1-4H3,(H,36,38)/b35-18-. The van der Waals surface area contributed by atoms with Crippen LogP contribution < -0.4 is 19.2 Å². The summed E-state index contributed by atoms with van der Waals surface area (Å²) in [6.07, 6.45) is 1.43. The number of nitrogens with zero attached hydrogens (tertiary/aromatic N) is 2. The zero-order valence-corrected chi connectivity index (χ0v) is 27.3. The molecule has 224 valence electrons. The molecule has 0 heterocycles. The number of rotatable bonds is 11. The Bertz CT molecular complexity index is 1740. The van der Waals surface area contributed by atoms with E-state index in [0.717, 1.165) is 26.6 Å². The van der Waals surface area contributed by atoms with Crippen LogP contribution in [0.15, 0.2) is 93.3 Å². The maximum atomic E-state index is 13.7. The highest BCUT2D eigenvalue weighted by Crippen LogP contribution is 2.37. The van der Waals surface area contributed by atoms with Gasteiger partial charge in [-0.1, -0.05) is 59.1 Å². The van der Waals surface area contributed by atoms with Crippen molar-refractivity contribution in [1.82, 2.24) is 5.43 Å². The minimum absolute atomic E-state index is 0.0877. The van der Waals surface area contributed by atoms with Crippen LogP contribution in [0.5, 0.6) is 11.5 Å². The van der Waals surface area contributed by atoms with Crippen LogP contribution in [0.25, 0.3) is 0 Å². The van der Waals surface area contributed by atoms with Crippen molar-refractivity contribution in [2.45, 2.75) is 32.3 Å². The Morgan fingerprint density at radius 2 is 1.65 bits per heavy atom. The van der Waals surface area contributed by atoms with Gasteiger partial charge in [0, 0.05) is 5.02 Å². The Labute approximate surface area is 265 Å². The van der Waals surface area contributed by atoms with E-state index in [0.29, 0.717) is 38.9 Å². The molecule has 4 rings (SSSR count). The average Bonchev–Trinajstić information content (AvgIpc) is 2.96. The third kappa shape index (κ3) is 8.16. The molecule has 11 heteroatoms. The van der Waals surface area contributed by atoms with Gasteiger partial charge in [0.05, 0.1) is 28.4 Å². The molecule has 43 heavy (non-hydrogen) atoms. The first kappa shape index (κ1) is 32.1. The fraction of sp³-hybridized carbons (Fsp3) is 0.188. The number of nitrogens with one attached hydrogen (secondary N) is 1. The second kappa shape index (κ2) is 14.1. The predicted octanol–water partition coefficient (Wildman–Crippen LogP) is 6.96. The van der Waals surface area contributed by atoms with Gasteiger partial charge in [0.15, 0.2) is 11.5 Å². The quantitative estimate of drug-likeness (QED) is 0.136. The van der Waals surface area contributed by atoms with Gasteiger partial charge in [0.1, 0.15) is 13.2 Å². The Balaban J connectivity index is 1.50. The lowest BCUT2D eigenvalue weighted by Crippen LogP contribution is -2.40. The van der Waals surface area contributed by atoms with Gasteiger partial charge in [0.25, 0.3) is 15.9 Å².